The van der Waals surface area contributed by atoms with Gasteiger partial charge in [-0.3, -0.25) is 0 Å². The van der Waals surface area contributed by atoms with Gasteiger partial charge in [-0.2, -0.15) is 0 Å². The number of furan rings is 1. The molecule has 0 radical (unpaired) electrons. The highest BCUT2D eigenvalue weighted by Gasteiger charge is 2.01. The van der Waals surface area contributed by atoms with Crippen molar-refractivity contribution in [3.63, 3.8) is 0 Å². The number of nitrogens with one attached hydrogen (secondary N) is 1. The van der Waals surface area contributed by atoms with Crippen molar-refractivity contribution >= 4 is 0 Å². The normalized spacial score (nSPS) is 13.0. The maximum absolute atomic E-state index is 5.83. The van der Waals surface area contributed by atoms with Crippen LogP contribution in [0.15, 0.2) is 22.8 Å². The number of methoxy groups -OCH3 is 1. The minimum absolute atomic E-state index is 0.143. The summed E-state index contributed by atoms with van der Waals surface area (Å²) in [5, 5.41) is 3.22. The van der Waals surface area contributed by atoms with Gasteiger partial charge in [-0.15, -0.1) is 0 Å². The van der Waals surface area contributed by atoms with Gasteiger partial charge in [0.2, 0.25) is 0 Å². The molecule has 0 spiro atoms. The fraction of sp³-hybridized carbons (Fsp3) is 0.600. The van der Waals surface area contributed by atoms with E-state index in [1.54, 1.807) is 13.4 Å². The molecule has 1 heterocycles. The Morgan fingerprint density at radius 1 is 1.64 bits per heavy atom. The van der Waals surface area contributed by atoms with E-state index in [0.717, 1.165) is 25.3 Å². The Bertz CT molecular complexity index is 224. The summed E-state index contributed by atoms with van der Waals surface area (Å²) >= 11 is 0. The molecule has 0 bridgehead atoms. The van der Waals surface area contributed by atoms with Gasteiger partial charge in [0.25, 0.3) is 0 Å². The monoisotopic (exact) mass is 198 g/mol. The highest BCUT2D eigenvalue weighted by atomic mass is 16.5. The first-order valence-electron chi connectivity index (χ1n) is 4.80. The van der Waals surface area contributed by atoms with Crippen molar-refractivity contribution < 1.29 is 9.15 Å². The van der Waals surface area contributed by atoms with Crippen LogP contribution in [0.1, 0.15) is 12.2 Å². The minimum Gasteiger partial charge on any atom is -0.468 e. The Balaban J connectivity index is 2.03. The van der Waals surface area contributed by atoms with E-state index < -0.39 is 0 Å². The zero-order chi connectivity index (χ0) is 10.2. The quantitative estimate of drug-likeness (QED) is 0.678. The molecule has 1 rings (SSSR count). The van der Waals surface area contributed by atoms with Crippen LogP contribution in [0.25, 0.3) is 0 Å². The number of rotatable bonds is 7. The zero-order valence-corrected chi connectivity index (χ0v) is 8.53. The second kappa shape index (κ2) is 6.59. The third-order valence-electron chi connectivity index (χ3n) is 1.98. The van der Waals surface area contributed by atoms with Crippen molar-refractivity contribution in [2.75, 3.05) is 20.3 Å². The van der Waals surface area contributed by atoms with Gasteiger partial charge in [0.1, 0.15) is 5.76 Å². The van der Waals surface area contributed by atoms with Crippen molar-refractivity contribution in [1.82, 2.24) is 5.32 Å². The van der Waals surface area contributed by atoms with Crippen molar-refractivity contribution in [2.24, 2.45) is 5.73 Å². The standard InChI is InChI=1S/C10H18N2O2/c1-13-6-4-9(11)7-12-8-10-3-2-5-14-10/h2-3,5,9,12H,4,6-8,11H2,1H3. The van der Waals surface area contributed by atoms with Gasteiger partial charge < -0.3 is 20.2 Å². The van der Waals surface area contributed by atoms with Crippen LogP contribution in [0.2, 0.25) is 0 Å². The number of hydrogen-bond acceptors (Lipinski definition) is 4. The van der Waals surface area contributed by atoms with Crippen LogP contribution in [0.5, 0.6) is 0 Å². The number of hydrogen-bond donors (Lipinski definition) is 2. The highest BCUT2D eigenvalue weighted by Crippen LogP contribution is 1.98. The van der Waals surface area contributed by atoms with Crippen LogP contribution in [0.3, 0.4) is 0 Å². The smallest absolute Gasteiger partial charge is 0.117 e. The van der Waals surface area contributed by atoms with Gasteiger partial charge in [-0.05, 0) is 18.6 Å². The lowest BCUT2D eigenvalue weighted by molar-refractivity contribution is 0.187. The first-order chi connectivity index (χ1) is 6.83. The number of nitrogens with two attached hydrogens (primary N) is 1. The molecule has 3 N–H and O–H groups in total. The minimum atomic E-state index is 0.143. The van der Waals surface area contributed by atoms with E-state index in [2.05, 4.69) is 5.32 Å². The molecule has 80 valence electrons. The molecular formula is C10H18N2O2. The van der Waals surface area contributed by atoms with Crippen LogP contribution in [-0.2, 0) is 11.3 Å². The van der Waals surface area contributed by atoms with E-state index in [-0.39, 0.29) is 6.04 Å². The summed E-state index contributed by atoms with van der Waals surface area (Å²) in [5.41, 5.74) is 5.83. The van der Waals surface area contributed by atoms with Gasteiger partial charge in [0.15, 0.2) is 0 Å². The van der Waals surface area contributed by atoms with Crippen LogP contribution in [-0.4, -0.2) is 26.3 Å². The van der Waals surface area contributed by atoms with Crippen molar-refractivity contribution in [3.05, 3.63) is 24.2 Å². The fourth-order valence-corrected chi connectivity index (χ4v) is 1.17. The third kappa shape index (κ3) is 4.41. The third-order valence-corrected chi connectivity index (χ3v) is 1.98. The topological polar surface area (TPSA) is 60.4 Å². The fourth-order valence-electron chi connectivity index (χ4n) is 1.17. The van der Waals surface area contributed by atoms with Gasteiger partial charge >= 0.3 is 0 Å². The van der Waals surface area contributed by atoms with Gasteiger partial charge in [0, 0.05) is 26.3 Å². The zero-order valence-electron chi connectivity index (χ0n) is 8.53. The van der Waals surface area contributed by atoms with E-state index in [9.17, 15) is 0 Å². The van der Waals surface area contributed by atoms with E-state index >= 15 is 0 Å². The molecule has 1 atom stereocenters. The molecular weight excluding hydrogens is 180 g/mol. The average molecular weight is 198 g/mol. The largest absolute Gasteiger partial charge is 0.468 e. The van der Waals surface area contributed by atoms with Gasteiger partial charge in [-0.1, -0.05) is 0 Å². The molecule has 1 aromatic heterocycles. The van der Waals surface area contributed by atoms with Gasteiger partial charge in [-0.25, -0.2) is 0 Å². The molecule has 14 heavy (non-hydrogen) atoms. The lowest BCUT2D eigenvalue weighted by Gasteiger charge is -2.11. The summed E-state index contributed by atoms with van der Waals surface area (Å²) in [6, 6.07) is 3.96. The predicted molar refractivity (Wildman–Crippen MR) is 54.9 cm³/mol. The molecule has 4 heteroatoms. The van der Waals surface area contributed by atoms with E-state index in [0.29, 0.717) is 6.61 Å². The lowest BCUT2D eigenvalue weighted by Crippen LogP contribution is -2.34. The second-order valence-electron chi connectivity index (χ2n) is 3.25. The van der Waals surface area contributed by atoms with Crippen LogP contribution in [0.4, 0.5) is 0 Å². The first kappa shape index (κ1) is 11.2. The van der Waals surface area contributed by atoms with E-state index in [1.807, 2.05) is 12.1 Å². The summed E-state index contributed by atoms with van der Waals surface area (Å²) in [6.07, 6.45) is 2.55. The Kier molecular flexibility index (Phi) is 5.29. The Hall–Kier alpha value is -0.840. The van der Waals surface area contributed by atoms with Crippen LogP contribution in [0, 0.1) is 0 Å². The first-order valence-corrected chi connectivity index (χ1v) is 4.80. The Labute approximate surface area is 84.4 Å². The molecule has 0 aliphatic rings. The molecule has 0 aliphatic heterocycles. The summed E-state index contributed by atoms with van der Waals surface area (Å²) in [5.74, 6) is 0.934. The average Bonchev–Trinajstić information content (AvgIpc) is 2.67. The summed E-state index contributed by atoms with van der Waals surface area (Å²) in [6.45, 7) is 2.22. The highest BCUT2D eigenvalue weighted by molar-refractivity contribution is 4.97. The predicted octanol–water partition coefficient (Wildman–Crippen LogP) is 0.733. The maximum atomic E-state index is 5.83. The van der Waals surface area contributed by atoms with E-state index in [1.165, 1.54) is 0 Å². The second-order valence-corrected chi connectivity index (χ2v) is 3.25. The Morgan fingerprint density at radius 3 is 3.14 bits per heavy atom. The van der Waals surface area contributed by atoms with Crippen molar-refractivity contribution in [3.8, 4) is 0 Å². The molecule has 0 aliphatic carbocycles. The molecule has 0 saturated carbocycles. The number of ether oxygens (including phenoxy) is 1. The maximum Gasteiger partial charge on any atom is 0.117 e. The molecule has 0 aromatic carbocycles. The molecule has 4 nitrogen and oxygen atoms in total. The van der Waals surface area contributed by atoms with Gasteiger partial charge in [0.05, 0.1) is 12.8 Å². The molecule has 1 aromatic rings. The van der Waals surface area contributed by atoms with Crippen LogP contribution >= 0.6 is 0 Å². The van der Waals surface area contributed by atoms with Crippen molar-refractivity contribution in [1.29, 1.82) is 0 Å². The van der Waals surface area contributed by atoms with E-state index in [4.69, 9.17) is 14.9 Å². The van der Waals surface area contributed by atoms with Crippen molar-refractivity contribution in [2.45, 2.75) is 19.0 Å². The Morgan fingerprint density at radius 2 is 2.50 bits per heavy atom. The summed E-state index contributed by atoms with van der Waals surface area (Å²) < 4.78 is 10.1. The molecule has 1 unspecified atom stereocenters. The summed E-state index contributed by atoms with van der Waals surface area (Å²) in [7, 11) is 1.68. The van der Waals surface area contributed by atoms with Crippen LogP contribution < -0.4 is 11.1 Å². The SMILES string of the molecule is COCCC(N)CNCc1ccco1. The summed E-state index contributed by atoms with van der Waals surface area (Å²) in [4.78, 5) is 0. The molecule has 0 amide bonds. The molecule has 0 fully saturated rings. The lowest BCUT2D eigenvalue weighted by atomic mass is 10.2. The molecule has 0 saturated heterocycles.